The largest absolute Gasteiger partial charge is 0.330 e. The topological polar surface area (TPSA) is 43.1 Å². The van der Waals surface area contributed by atoms with Crippen LogP contribution in [0.15, 0.2) is 0 Å². The maximum absolute atomic E-state index is 11.5. The highest BCUT2D eigenvalue weighted by molar-refractivity contribution is 5.82. The molecular weight excluding hydrogens is 162 g/mol. The summed E-state index contributed by atoms with van der Waals surface area (Å²) in [5.74, 6) is 0.604. The van der Waals surface area contributed by atoms with Gasteiger partial charge in [0.05, 0.1) is 0 Å². The molecule has 2 N–H and O–H groups in total. The summed E-state index contributed by atoms with van der Waals surface area (Å²) in [5, 5.41) is 0. The molecule has 0 aromatic heterocycles. The minimum atomic E-state index is 0.187. The highest BCUT2D eigenvalue weighted by Gasteiger charge is 2.41. The lowest BCUT2D eigenvalue weighted by atomic mass is 9.68. The van der Waals surface area contributed by atoms with E-state index in [9.17, 15) is 4.79 Å². The van der Waals surface area contributed by atoms with Gasteiger partial charge in [-0.1, -0.05) is 12.8 Å². The van der Waals surface area contributed by atoms with Crippen LogP contribution in [-0.2, 0) is 4.79 Å². The van der Waals surface area contributed by atoms with Gasteiger partial charge >= 0.3 is 0 Å². The molecule has 2 aliphatic rings. The molecule has 0 bridgehead atoms. The lowest BCUT2D eigenvalue weighted by Crippen LogP contribution is -2.36. The SMILES string of the molecule is NCC1CC2(CCCC2)CCC1=O. The average molecular weight is 181 g/mol. The van der Waals surface area contributed by atoms with Gasteiger partial charge in [-0.25, -0.2) is 0 Å². The zero-order chi connectivity index (χ0) is 9.31. The molecule has 0 saturated heterocycles. The van der Waals surface area contributed by atoms with Gasteiger partial charge in [0.1, 0.15) is 5.78 Å². The first kappa shape index (κ1) is 9.20. The summed E-state index contributed by atoms with van der Waals surface area (Å²) < 4.78 is 0. The van der Waals surface area contributed by atoms with Crippen LogP contribution in [0.2, 0.25) is 0 Å². The van der Waals surface area contributed by atoms with Gasteiger partial charge in [-0.2, -0.15) is 0 Å². The van der Waals surface area contributed by atoms with Gasteiger partial charge in [0.2, 0.25) is 0 Å². The summed E-state index contributed by atoms with van der Waals surface area (Å²) in [6.45, 7) is 0.570. The molecular formula is C11H19NO. The molecule has 0 aliphatic heterocycles. The molecule has 2 nitrogen and oxygen atoms in total. The first-order chi connectivity index (χ1) is 6.26. The van der Waals surface area contributed by atoms with Crippen LogP contribution < -0.4 is 5.73 Å². The van der Waals surface area contributed by atoms with Crippen molar-refractivity contribution in [3.63, 3.8) is 0 Å². The van der Waals surface area contributed by atoms with E-state index in [1.165, 1.54) is 25.7 Å². The number of ketones is 1. The molecule has 1 spiro atoms. The number of rotatable bonds is 1. The minimum Gasteiger partial charge on any atom is -0.330 e. The number of Topliss-reactive ketones (excluding diaryl/α,β-unsaturated/α-hetero) is 1. The molecule has 2 aliphatic carbocycles. The van der Waals surface area contributed by atoms with E-state index in [0.29, 0.717) is 17.7 Å². The lowest BCUT2D eigenvalue weighted by molar-refractivity contribution is -0.127. The van der Waals surface area contributed by atoms with Crippen molar-refractivity contribution in [1.29, 1.82) is 0 Å². The molecule has 0 amide bonds. The predicted octanol–water partition coefficient (Wildman–Crippen LogP) is 1.87. The Morgan fingerprint density at radius 3 is 2.62 bits per heavy atom. The van der Waals surface area contributed by atoms with E-state index in [1.807, 2.05) is 0 Å². The quantitative estimate of drug-likeness (QED) is 0.671. The van der Waals surface area contributed by atoms with E-state index in [2.05, 4.69) is 0 Å². The van der Waals surface area contributed by atoms with Gasteiger partial charge in [-0.15, -0.1) is 0 Å². The molecule has 2 heteroatoms. The highest BCUT2D eigenvalue weighted by Crippen LogP contribution is 2.49. The smallest absolute Gasteiger partial charge is 0.137 e. The zero-order valence-electron chi connectivity index (χ0n) is 8.22. The molecule has 1 unspecified atom stereocenters. The molecule has 2 rings (SSSR count). The molecule has 13 heavy (non-hydrogen) atoms. The summed E-state index contributed by atoms with van der Waals surface area (Å²) in [6, 6.07) is 0. The summed E-state index contributed by atoms with van der Waals surface area (Å²) in [4.78, 5) is 11.5. The Hall–Kier alpha value is -0.370. The first-order valence-corrected chi connectivity index (χ1v) is 5.49. The third-order valence-corrected chi connectivity index (χ3v) is 3.99. The Morgan fingerprint density at radius 1 is 1.31 bits per heavy atom. The molecule has 2 fully saturated rings. The molecule has 74 valence electrons. The number of nitrogens with two attached hydrogens (primary N) is 1. The molecule has 0 aromatic carbocycles. The molecule has 2 saturated carbocycles. The molecule has 0 aromatic rings. The van der Waals surface area contributed by atoms with Crippen LogP contribution in [0.5, 0.6) is 0 Å². The number of carbonyl (C=O) groups is 1. The van der Waals surface area contributed by atoms with Crippen LogP contribution in [-0.4, -0.2) is 12.3 Å². The summed E-state index contributed by atoms with van der Waals surface area (Å²) in [7, 11) is 0. The monoisotopic (exact) mass is 181 g/mol. The standard InChI is InChI=1S/C11H19NO/c12-8-9-7-11(4-1-2-5-11)6-3-10(9)13/h9H,1-8,12H2. The van der Waals surface area contributed by atoms with Crippen LogP contribution in [0.3, 0.4) is 0 Å². The second kappa shape index (κ2) is 3.41. The van der Waals surface area contributed by atoms with Crippen molar-refractivity contribution in [2.45, 2.75) is 44.9 Å². The Bertz CT molecular complexity index is 206. The van der Waals surface area contributed by atoms with Gasteiger partial charge in [0.25, 0.3) is 0 Å². The van der Waals surface area contributed by atoms with Crippen molar-refractivity contribution in [3.05, 3.63) is 0 Å². The van der Waals surface area contributed by atoms with Crippen molar-refractivity contribution in [2.75, 3.05) is 6.54 Å². The van der Waals surface area contributed by atoms with Crippen molar-refractivity contribution < 1.29 is 4.79 Å². The highest BCUT2D eigenvalue weighted by atomic mass is 16.1. The Morgan fingerprint density at radius 2 is 2.00 bits per heavy atom. The molecule has 1 atom stereocenters. The predicted molar refractivity (Wildman–Crippen MR) is 52.3 cm³/mol. The second-order valence-corrected chi connectivity index (χ2v) is 4.81. The van der Waals surface area contributed by atoms with E-state index in [-0.39, 0.29) is 5.92 Å². The van der Waals surface area contributed by atoms with E-state index in [4.69, 9.17) is 5.73 Å². The molecule has 0 radical (unpaired) electrons. The van der Waals surface area contributed by atoms with Crippen LogP contribution in [0.1, 0.15) is 44.9 Å². The molecule has 0 heterocycles. The van der Waals surface area contributed by atoms with Crippen molar-refractivity contribution >= 4 is 5.78 Å². The van der Waals surface area contributed by atoms with Crippen LogP contribution in [0.25, 0.3) is 0 Å². The van der Waals surface area contributed by atoms with Gasteiger partial charge < -0.3 is 5.73 Å². The van der Waals surface area contributed by atoms with E-state index in [0.717, 1.165) is 19.3 Å². The summed E-state index contributed by atoms with van der Waals surface area (Å²) >= 11 is 0. The second-order valence-electron chi connectivity index (χ2n) is 4.81. The fourth-order valence-electron chi connectivity index (χ4n) is 3.12. The minimum absolute atomic E-state index is 0.187. The van der Waals surface area contributed by atoms with Gasteiger partial charge in [0.15, 0.2) is 0 Å². The fourth-order valence-corrected chi connectivity index (χ4v) is 3.12. The van der Waals surface area contributed by atoms with Crippen LogP contribution >= 0.6 is 0 Å². The maximum Gasteiger partial charge on any atom is 0.137 e. The number of hydrogen-bond donors (Lipinski definition) is 1. The van der Waals surface area contributed by atoms with Crippen molar-refractivity contribution in [1.82, 2.24) is 0 Å². The Balaban J connectivity index is 2.05. The number of hydrogen-bond acceptors (Lipinski definition) is 2. The normalized spacial score (nSPS) is 32.7. The fraction of sp³-hybridized carbons (Fsp3) is 0.909. The lowest BCUT2D eigenvalue weighted by Gasteiger charge is -2.36. The summed E-state index contributed by atoms with van der Waals surface area (Å²) in [5.41, 5.74) is 6.15. The zero-order valence-corrected chi connectivity index (χ0v) is 8.22. The average Bonchev–Trinajstić information content (AvgIpc) is 2.59. The third kappa shape index (κ3) is 1.64. The van der Waals surface area contributed by atoms with Crippen LogP contribution in [0, 0.1) is 11.3 Å². The summed E-state index contributed by atoms with van der Waals surface area (Å²) in [6.07, 6.45) is 8.44. The van der Waals surface area contributed by atoms with Gasteiger partial charge in [-0.3, -0.25) is 4.79 Å². The van der Waals surface area contributed by atoms with Crippen molar-refractivity contribution in [2.24, 2.45) is 17.1 Å². The maximum atomic E-state index is 11.5. The Labute approximate surface area is 79.9 Å². The Kier molecular flexibility index (Phi) is 2.41. The third-order valence-electron chi connectivity index (χ3n) is 3.99. The van der Waals surface area contributed by atoms with E-state index in [1.54, 1.807) is 0 Å². The van der Waals surface area contributed by atoms with E-state index < -0.39 is 0 Å². The van der Waals surface area contributed by atoms with Gasteiger partial charge in [-0.05, 0) is 31.1 Å². The van der Waals surface area contributed by atoms with Gasteiger partial charge in [0, 0.05) is 18.9 Å². The van der Waals surface area contributed by atoms with Crippen LogP contribution in [0.4, 0.5) is 0 Å². The number of carbonyl (C=O) groups excluding carboxylic acids is 1. The van der Waals surface area contributed by atoms with E-state index >= 15 is 0 Å². The van der Waals surface area contributed by atoms with Crippen molar-refractivity contribution in [3.8, 4) is 0 Å². The first-order valence-electron chi connectivity index (χ1n) is 5.49.